The van der Waals surface area contributed by atoms with E-state index < -0.39 is 0 Å². The van der Waals surface area contributed by atoms with Crippen LogP contribution in [0.15, 0.2) is 12.1 Å². The number of hydrogen-bond donors (Lipinski definition) is 0. The van der Waals surface area contributed by atoms with E-state index >= 15 is 0 Å². The standard InChI is InChI=1S/C15H20Cl2N2/c16-14-6-5-13(15(17)18-14)10-19-8-7-11-3-1-2-4-12(11)9-19/h5-6,11-12H,1-4,7-10H2. The molecular weight excluding hydrogens is 279 g/mol. The Labute approximate surface area is 125 Å². The maximum atomic E-state index is 6.16. The molecule has 3 rings (SSSR count). The summed E-state index contributed by atoms with van der Waals surface area (Å²) in [6.07, 6.45) is 7.06. The van der Waals surface area contributed by atoms with Crippen LogP contribution in [0.5, 0.6) is 0 Å². The quantitative estimate of drug-likeness (QED) is 0.752. The van der Waals surface area contributed by atoms with Crippen LogP contribution in [0, 0.1) is 11.8 Å². The topological polar surface area (TPSA) is 16.1 Å². The van der Waals surface area contributed by atoms with Crippen molar-refractivity contribution in [2.24, 2.45) is 11.8 Å². The number of rotatable bonds is 2. The van der Waals surface area contributed by atoms with Gasteiger partial charge >= 0.3 is 0 Å². The zero-order chi connectivity index (χ0) is 13.2. The van der Waals surface area contributed by atoms with Crippen LogP contribution >= 0.6 is 23.2 Å². The Kier molecular flexibility index (Phi) is 4.30. The van der Waals surface area contributed by atoms with Crippen LogP contribution in [0.1, 0.15) is 37.7 Å². The number of aromatic nitrogens is 1. The van der Waals surface area contributed by atoms with Crippen LogP contribution in [0.25, 0.3) is 0 Å². The summed E-state index contributed by atoms with van der Waals surface area (Å²) >= 11 is 12.0. The second-order valence-electron chi connectivity index (χ2n) is 5.91. The number of likely N-dealkylation sites (tertiary alicyclic amines) is 1. The fourth-order valence-electron chi connectivity index (χ4n) is 3.62. The van der Waals surface area contributed by atoms with Gasteiger partial charge in [-0.2, -0.15) is 0 Å². The van der Waals surface area contributed by atoms with E-state index in [1.54, 1.807) is 0 Å². The van der Waals surface area contributed by atoms with E-state index in [-0.39, 0.29) is 0 Å². The molecule has 0 N–H and O–H groups in total. The monoisotopic (exact) mass is 298 g/mol. The molecular formula is C15H20Cl2N2. The molecule has 2 fully saturated rings. The van der Waals surface area contributed by atoms with Crippen molar-refractivity contribution in [3.63, 3.8) is 0 Å². The van der Waals surface area contributed by atoms with Crippen LogP contribution in [0.4, 0.5) is 0 Å². The van der Waals surface area contributed by atoms with Gasteiger partial charge in [-0.3, -0.25) is 4.90 Å². The van der Waals surface area contributed by atoms with Gasteiger partial charge in [-0.25, -0.2) is 4.98 Å². The van der Waals surface area contributed by atoms with Gasteiger partial charge in [-0.1, -0.05) is 48.5 Å². The van der Waals surface area contributed by atoms with E-state index in [9.17, 15) is 0 Å². The maximum Gasteiger partial charge on any atom is 0.135 e. The first-order chi connectivity index (χ1) is 9.22. The predicted octanol–water partition coefficient (Wildman–Crippen LogP) is 4.40. The number of pyridine rings is 1. The predicted molar refractivity (Wildman–Crippen MR) is 79.6 cm³/mol. The van der Waals surface area contributed by atoms with E-state index in [4.69, 9.17) is 23.2 Å². The lowest BCUT2D eigenvalue weighted by Crippen LogP contribution is -2.41. The average Bonchev–Trinajstić information content (AvgIpc) is 2.42. The minimum Gasteiger partial charge on any atom is -0.299 e. The molecule has 1 aliphatic heterocycles. The highest BCUT2D eigenvalue weighted by Gasteiger charge is 2.31. The first-order valence-corrected chi connectivity index (χ1v) is 8.01. The summed E-state index contributed by atoms with van der Waals surface area (Å²) in [5.41, 5.74) is 1.10. The van der Waals surface area contributed by atoms with Crippen LogP contribution in [-0.2, 0) is 6.54 Å². The SMILES string of the molecule is Clc1ccc(CN2CCC3CCCCC3C2)c(Cl)n1. The van der Waals surface area contributed by atoms with E-state index in [1.807, 2.05) is 12.1 Å². The molecule has 0 bridgehead atoms. The van der Waals surface area contributed by atoms with Gasteiger partial charge in [0.05, 0.1) is 0 Å². The molecule has 0 amide bonds. The molecule has 2 unspecified atom stereocenters. The molecule has 19 heavy (non-hydrogen) atoms. The molecule has 1 saturated carbocycles. The smallest absolute Gasteiger partial charge is 0.135 e. The van der Waals surface area contributed by atoms with Crippen molar-refractivity contribution in [3.8, 4) is 0 Å². The first kappa shape index (κ1) is 13.7. The molecule has 2 atom stereocenters. The molecule has 0 aromatic carbocycles. The highest BCUT2D eigenvalue weighted by Crippen LogP contribution is 2.36. The lowest BCUT2D eigenvalue weighted by Gasteiger charge is -2.41. The number of nitrogens with zero attached hydrogens (tertiary/aromatic N) is 2. The molecule has 2 heterocycles. The van der Waals surface area contributed by atoms with Gasteiger partial charge in [0, 0.05) is 18.7 Å². The van der Waals surface area contributed by atoms with Gasteiger partial charge in [0.1, 0.15) is 10.3 Å². The molecule has 4 heteroatoms. The Balaban J connectivity index is 1.64. The molecule has 1 aromatic rings. The Morgan fingerprint density at radius 1 is 1.11 bits per heavy atom. The Bertz CT molecular complexity index is 450. The lowest BCUT2D eigenvalue weighted by molar-refractivity contribution is 0.0820. The highest BCUT2D eigenvalue weighted by atomic mass is 35.5. The third-order valence-electron chi connectivity index (χ3n) is 4.66. The van der Waals surface area contributed by atoms with E-state index in [0.717, 1.165) is 23.9 Å². The van der Waals surface area contributed by atoms with Crippen molar-refractivity contribution < 1.29 is 0 Å². The largest absolute Gasteiger partial charge is 0.299 e. The number of halogens is 2. The van der Waals surface area contributed by atoms with Gasteiger partial charge in [-0.15, -0.1) is 0 Å². The average molecular weight is 299 g/mol. The molecule has 0 radical (unpaired) electrons. The van der Waals surface area contributed by atoms with Crippen molar-refractivity contribution >= 4 is 23.2 Å². The molecule has 1 saturated heterocycles. The third kappa shape index (κ3) is 3.24. The number of piperidine rings is 1. The van der Waals surface area contributed by atoms with Gasteiger partial charge in [0.25, 0.3) is 0 Å². The summed E-state index contributed by atoms with van der Waals surface area (Å²) in [7, 11) is 0. The van der Waals surface area contributed by atoms with Gasteiger partial charge in [0.15, 0.2) is 0 Å². The lowest BCUT2D eigenvalue weighted by atomic mass is 9.75. The Hall–Kier alpha value is -0.310. The highest BCUT2D eigenvalue weighted by molar-refractivity contribution is 6.32. The minimum absolute atomic E-state index is 0.472. The van der Waals surface area contributed by atoms with Crippen molar-refractivity contribution in [1.82, 2.24) is 9.88 Å². The van der Waals surface area contributed by atoms with Crippen LogP contribution in [-0.4, -0.2) is 23.0 Å². The van der Waals surface area contributed by atoms with E-state index in [2.05, 4.69) is 9.88 Å². The first-order valence-electron chi connectivity index (χ1n) is 7.25. The van der Waals surface area contributed by atoms with Crippen molar-refractivity contribution in [3.05, 3.63) is 28.0 Å². The normalized spacial score (nSPS) is 28.1. The second kappa shape index (κ2) is 5.99. The number of hydrogen-bond acceptors (Lipinski definition) is 2. The summed E-state index contributed by atoms with van der Waals surface area (Å²) in [5, 5.41) is 1.03. The van der Waals surface area contributed by atoms with E-state index in [0.29, 0.717) is 10.3 Å². The fourth-order valence-corrected chi connectivity index (χ4v) is 4.02. The summed E-state index contributed by atoms with van der Waals surface area (Å²) in [5.74, 6) is 1.88. The van der Waals surface area contributed by atoms with Crippen LogP contribution in [0.2, 0.25) is 10.3 Å². The van der Waals surface area contributed by atoms with Crippen molar-refractivity contribution in [1.29, 1.82) is 0 Å². The Morgan fingerprint density at radius 3 is 2.68 bits per heavy atom. The minimum atomic E-state index is 0.472. The zero-order valence-corrected chi connectivity index (χ0v) is 12.6. The van der Waals surface area contributed by atoms with E-state index in [1.165, 1.54) is 45.2 Å². The Morgan fingerprint density at radius 2 is 1.89 bits per heavy atom. The molecule has 0 spiro atoms. The molecule has 1 aromatic heterocycles. The van der Waals surface area contributed by atoms with Gasteiger partial charge < -0.3 is 0 Å². The summed E-state index contributed by atoms with van der Waals surface area (Å²) in [6, 6.07) is 3.83. The van der Waals surface area contributed by atoms with Gasteiger partial charge in [-0.05, 0) is 37.3 Å². The second-order valence-corrected chi connectivity index (χ2v) is 6.66. The zero-order valence-electron chi connectivity index (χ0n) is 11.1. The molecule has 104 valence electrons. The summed E-state index contributed by atoms with van der Waals surface area (Å²) in [6.45, 7) is 3.33. The molecule has 1 aliphatic carbocycles. The third-order valence-corrected chi connectivity index (χ3v) is 5.20. The molecule has 2 nitrogen and oxygen atoms in total. The van der Waals surface area contributed by atoms with Gasteiger partial charge in [0.2, 0.25) is 0 Å². The van der Waals surface area contributed by atoms with Crippen molar-refractivity contribution in [2.45, 2.75) is 38.6 Å². The fraction of sp³-hybridized carbons (Fsp3) is 0.667. The summed E-state index contributed by atoms with van der Waals surface area (Å²) in [4.78, 5) is 6.66. The summed E-state index contributed by atoms with van der Waals surface area (Å²) < 4.78 is 0. The van der Waals surface area contributed by atoms with Crippen LogP contribution < -0.4 is 0 Å². The van der Waals surface area contributed by atoms with Crippen LogP contribution in [0.3, 0.4) is 0 Å². The number of fused-ring (bicyclic) bond motifs is 1. The maximum absolute atomic E-state index is 6.16. The van der Waals surface area contributed by atoms with Crippen molar-refractivity contribution in [2.75, 3.05) is 13.1 Å². The molecule has 2 aliphatic rings.